The zero-order valence-electron chi connectivity index (χ0n) is 11.9. The van der Waals surface area contributed by atoms with Gasteiger partial charge in [-0.05, 0) is 30.5 Å². The Morgan fingerprint density at radius 3 is 2.57 bits per heavy atom. The maximum atomic E-state index is 12.5. The third-order valence-corrected chi connectivity index (χ3v) is 3.94. The van der Waals surface area contributed by atoms with Crippen molar-refractivity contribution in [2.45, 2.75) is 19.8 Å². The Hall–Kier alpha value is -2.42. The topological polar surface area (TPSA) is 46.2 Å². The molecule has 0 aliphatic carbocycles. The number of aryl methyl sites for hydroxylation is 1. The average molecular weight is 279 g/mol. The molecule has 3 nitrogen and oxygen atoms in total. The Bertz CT molecular complexity index is 692. The standard InChI is InChI=1S/C18H17NO2/c1-12-6-5-9-15-17(12)16(20)11-14(18(21)19-15)10-13-7-3-2-4-8-13/h2-9,14H,10-11H2,1H3,(H,19,21)/t14-/m1/s1. The maximum absolute atomic E-state index is 12.5. The number of anilines is 1. The molecule has 1 heterocycles. The van der Waals surface area contributed by atoms with E-state index in [1.807, 2.05) is 49.4 Å². The van der Waals surface area contributed by atoms with Crippen molar-refractivity contribution in [2.75, 3.05) is 5.32 Å². The second-order valence-corrected chi connectivity index (χ2v) is 5.50. The molecule has 21 heavy (non-hydrogen) atoms. The number of carbonyl (C=O) groups excluding carboxylic acids is 2. The van der Waals surface area contributed by atoms with Crippen LogP contribution in [0.4, 0.5) is 5.69 Å². The summed E-state index contributed by atoms with van der Waals surface area (Å²) in [6.45, 7) is 1.90. The smallest absolute Gasteiger partial charge is 0.228 e. The molecule has 0 saturated carbocycles. The lowest BCUT2D eigenvalue weighted by Gasteiger charge is -2.12. The number of ketones is 1. The van der Waals surface area contributed by atoms with Gasteiger partial charge in [-0.15, -0.1) is 0 Å². The van der Waals surface area contributed by atoms with Crippen LogP contribution in [-0.4, -0.2) is 11.7 Å². The van der Waals surface area contributed by atoms with E-state index in [0.717, 1.165) is 11.1 Å². The van der Waals surface area contributed by atoms with Crippen molar-refractivity contribution in [3.63, 3.8) is 0 Å². The molecule has 0 saturated heterocycles. The van der Waals surface area contributed by atoms with Crippen molar-refractivity contribution in [2.24, 2.45) is 5.92 Å². The van der Waals surface area contributed by atoms with Crippen LogP contribution in [0.25, 0.3) is 0 Å². The number of carbonyl (C=O) groups is 2. The van der Waals surface area contributed by atoms with E-state index in [0.29, 0.717) is 17.7 Å². The monoisotopic (exact) mass is 279 g/mol. The molecule has 1 atom stereocenters. The van der Waals surface area contributed by atoms with Crippen LogP contribution in [0, 0.1) is 12.8 Å². The Kier molecular flexibility index (Phi) is 3.57. The van der Waals surface area contributed by atoms with Crippen molar-refractivity contribution >= 4 is 17.4 Å². The molecule has 0 fully saturated rings. The number of hydrogen-bond acceptors (Lipinski definition) is 2. The third-order valence-electron chi connectivity index (χ3n) is 3.94. The highest BCUT2D eigenvalue weighted by Gasteiger charge is 2.29. The number of amides is 1. The quantitative estimate of drug-likeness (QED) is 0.916. The Morgan fingerprint density at radius 1 is 1.05 bits per heavy atom. The predicted octanol–water partition coefficient (Wildman–Crippen LogP) is 3.38. The summed E-state index contributed by atoms with van der Waals surface area (Å²) in [7, 11) is 0. The molecular weight excluding hydrogens is 262 g/mol. The number of hydrogen-bond donors (Lipinski definition) is 1. The zero-order valence-corrected chi connectivity index (χ0v) is 11.9. The van der Waals surface area contributed by atoms with Gasteiger partial charge in [0.15, 0.2) is 5.78 Å². The van der Waals surface area contributed by atoms with Crippen molar-refractivity contribution in [3.05, 3.63) is 65.2 Å². The Labute approximate surface area is 124 Å². The molecule has 1 N–H and O–H groups in total. The highest BCUT2D eigenvalue weighted by molar-refractivity contribution is 6.10. The summed E-state index contributed by atoms with van der Waals surface area (Å²) in [6, 6.07) is 15.4. The molecule has 0 bridgehead atoms. The number of nitrogens with one attached hydrogen (secondary N) is 1. The highest BCUT2D eigenvalue weighted by atomic mass is 16.2. The molecule has 106 valence electrons. The zero-order chi connectivity index (χ0) is 14.8. The minimum atomic E-state index is -0.313. The number of rotatable bonds is 2. The van der Waals surface area contributed by atoms with E-state index in [2.05, 4.69) is 5.32 Å². The number of fused-ring (bicyclic) bond motifs is 1. The van der Waals surface area contributed by atoms with Gasteiger partial charge in [-0.25, -0.2) is 0 Å². The van der Waals surface area contributed by atoms with Crippen LogP contribution in [0.3, 0.4) is 0 Å². The van der Waals surface area contributed by atoms with E-state index < -0.39 is 0 Å². The van der Waals surface area contributed by atoms with Gasteiger partial charge in [0.1, 0.15) is 0 Å². The average Bonchev–Trinajstić information content (AvgIpc) is 2.58. The summed E-state index contributed by atoms with van der Waals surface area (Å²) in [5.74, 6) is -0.342. The normalized spacial score (nSPS) is 17.9. The third kappa shape index (κ3) is 2.72. The van der Waals surface area contributed by atoms with E-state index in [-0.39, 0.29) is 24.0 Å². The summed E-state index contributed by atoms with van der Waals surface area (Å²) < 4.78 is 0. The lowest BCUT2D eigenvalue weighted by atomic mass is 9.92. The molecule has 1 amide bonds. The Balaban J connectivity index is 1.90. The van der Waals surface area contributed by atoms with E-state index in [9.17, 15) is 9.59 Å². The molecule has 2 aromatic rings. The first kappa shape index (κ1) is 13.6. The van der Waals surface area contributed by atoms with Crippen LogP contribution in [0.5, 0.6) is 0 Å². The molecule has 0 aromatic heterocycles. The molecular formula is C18H17NO2. The summed E-state index contributed by atoms with van der Waals surface area (Å²) in [4.78, 5) is 24.9. The second kappa shape index (κ2) is 5.52. The van der Waals surface area contributed by atoms with Crippen molar-refractivity contribution in [3.8, 4) is 0 Å². The van der Waals surface area contributed by atoms with Crippen LogP contribution < -0.4 is 5.32 Å². The summed E-state index contributed by atoms with van der Waals surface area (Å²) in [5, 5.41) is 2.90. The van der Waals surface area contributed by atoms with Gasteiger partial charge >= 0.3 is 0 Å². The second-order valence-electron chi connectivity index (χ2n) is 5.50. The van der Waals surface area contributed by atoms with Gasteiger partial charge < -0.3 is 5.32 Å². The summed E-state index contributed by atoms with van der Waals surface area (Å²) in [5.41, 5.74) is 3.29. The molecule has 3 heteroatoms. The fourth-order valence-electron chi connectivity index (χ4n) is 2.86. The molecule has 0 spiro atoms. The van der Waals surface area contributed by atoms with Gasteiger partial charge in [-0.1, -0.05) is 42.5 Å². The number of Topliss-reactive ketones (excluding diaryl/α,β-unsaturated/α-hetero) is 1. The lowest BCUT2D eigenvalue weighted by molar-refractivity contribution is -0.119. The predicted molar refractivity (Wildman–Crippen MR) is 82.4 cm³/mol. The van der Waals surface area contributed by atoms with Gasteiger partial charge in [0, 0.05) is 17.9 Å². The van der Waals surface area contributed by atoms with E-state index in [1.54, 1.807) is 6.07 Å². The first-order chi connectivity index (χ1) is 10.1. The summed E-state index contributed by atoms with van der Waals surface area (Å²) in [6.07, 6.45) is 0.851. The minimum absolute atomic E-state index is 0.0439. The molecule has 0 radical (unpaired) electrons. The molecule has 1 aliphatic rings. The van der Waals surface area contributed by atoms with Crippen LogP contribution in [0.15, 0.2) is 48.5 Å². The van der Waals surface area contributed by atoms with Gasteiger partial charge in [0.05, 0.1) is 5.69 Å². The maximum Gasteiger partial charge on any atom is 0.228 e. The molecule has 3 rings (SSSR count). The van der Waals surface area contributed by atoms with E-state index in [1.165, 1.54) is 0 Å². The van der Waals surface area contributed by atoms with Gasteiger partial charge in [0.2, 0.25) is 5.91 Å². The van der Waals surface area contributed by atoms with E-state index in [4.69, 9.17) is 0 Å². The fourth-order valence-corrected chi connectivity index (χ4v) is 2.86. The van der Waals surface area contributed by atoms with Gasteiger partial charge in [-0.2, -0.15) is 0 Å². The van der Waals surface area contributed by atoms with Crippen LogP contribution in [-0.2, 0) is 11.2 Å². The van der Waals surface area contributed by atoms with Crippen molar-refractivity contribution in [1.82, 2.24) is 0 Å². The SMILES string of the molecule is Cc1cccc2c1C(=O)C[C@@H](Cc1ccccc1)C(=O)N2. The lowest BCUT2D eigenvalue weighted by Crippen LogP contribution is -2.23. The minimum Gasteiger partial charge on any atom is -0.325 e. The van der Waals surface area contributed by atoms with Gasteiger partial charge in [0.25, 0.3) is 0 Å². The molecule has 2 aromatic carbocycles. The number of benzene rings is 2. The highest BCUT2D eigenvalue weighted by Crippen LogP contribution is 2.28. The van der Waals surface area contributed by atoms with E-state index >= 15 is 0 Å². The summed E-state index contributed by atoms with van der Waals surface area (Å²) >= 11 is 0. The van der Waals surface area contributed by atoms with Crippen LogP contribution in [0.1, 0.15) is 27.9 Å². The molecule has 0 unspecified atom stereocenters. The molecule has 1 aliphatic heterocycles. The Morgan fingerprint density at radius 2 is 1.81 bits per heavy atom. The van der Waals surface area contributed by atoms with Crippen LogP contribution >= 0.6 is 0 Å². The fraction of sp³-hybridized carbons (Fsp3) is 0.222. The van der Waals surface area contributed by atoms with Crippen molar-refractivity contribution in [1.29, 1.82) is 0 Å². The first-order valence-electron chi connectivity index (χ1n) is 7.13. The van der Waals surface area contributed by atoms with Crippen LogP contribution in [0.2, 0.25) is 0 Å². The van der Waals surface area contributed by atoms with Gasteiger partial charge in [-0.3, -0.25) is 9.59 Å². The van der Waals surface area contributed by atoms with Crippen molar-refractivity contribution < 1.29 is 9.59 Å². The first-order valence-corrected chi connectivity index (χ1v) is 7.13. The largest absolute Gasteiger partial charge is 0.325 e.